The number of hydrogen-bond acceptors (Lipinski definition) is 9. The minimum atomic E-state index is -0.290. The van der Waals surface area contributed by atoms with Gasteiger partial charge in [0.05, 0.1) is 32.8 Å². The molecule has 1 heterocycles. The molecule has 3 aromatic carbocycles. The fourth-order valence-electron chi connectivity index (χ4n) is 3.86. The van der Waals surface area contributed by atoms with E-state index in [0.717, 1.165) is 11.3 Å². The number of ether oxygens (including phenoxy) is 3. The predicted molar refractivity (Wildman–Crippen MR) is 150 cm³/mol. The second-order valence-corrected chi connectivity index (χ2v) is 9.12. The summed E-state index contributed by atoms with van der Waals surface area (Å²) in [5.74, 6) is 1.94. The van der Waals surface area contributed by atoms with Crippen molar-refractivity contribution in [3.63, 3.8) is 0 Å². The van der Waals surface area contributed by atoms with Gasteiger partial charge in [0.1, 0.15) is 5.75 Å². The minimum Gasteiger partial charge on any atom is -0.508 e. The van der Waals surface area contributed by atoms with Gasteiger partial charge in [0.25, 0.3) is 5.91 Å². The number of para-hydroxylation sites is 1. The van der Waals surface area contributed by atoms with Crippen molar-refractivity contribution in [2.75, 3.05) is 27.1 Å². The molecule has 4 aromatic rings. The van der Waals surface area contributed by atoms with Crippen molar-refractivity contribution >= 4 is 23.4 Å². The molecular formula is C28H29N5O5S. The van der Waals surface area contributed by atoms with Crippen molar-refractivity contribution < 1.29 is 24.1 Å². The topological polar surface area (TPSA) is 120 Å². The normalized spacial score (nSPS) is 11.2. The lowest BCUT2D eigenvalue weighted by molar-refractivity contribution is -0.118. The van der Waals surface area contributed by atoms with E-state index < -0.39 is 0 Å². The number of carbonyl (C=O) groups is 1. The number of methoxy groups -OCH3 is 3. The van der Waals surface area contributed by atoms with E-state index in [1.807, 2.05) is 41.8 Å². The third kappa shape index (κ3) is 6.32. The molecule has 0 spiro atoms. The Balaban J connectivity index is 1.61. The van der Waals surface area contributed by atoms with Gasteiger partial charge in [-0.1, -0.05) is 36.9 Å². The zero-order valence-corrected chi connectivity index (χ0v) is 22.9. The summed E-state index contributed by atoms with van der Waals surface area (Å²) in [5, 5.41) is 23.2. The van der Waals surface area contributed by atoms with Crippen molar-refractivity contribution in [2.24, 2.45) is 5.10 Å². The number of benzene rings is 3. The van der Waals surface area contributed by atoms with E-state index in [1.165, 1.54) is 11.8 Å². The van der Waals surface area contributed by atoms with Crippen LogP contribution in [0.25, 0.3) is 17.1 Å². The van der Waals surface area contributed by atoms with Crippen LogP contribution in [-0.4, -0.2) is 58.6 Å². The average molecular weight is 548 g/mol. The Bertz CT molecular complexity index is 1430. The lowest BCUT2D eigenvalue weighted by Crippen LogP contribution is -2.22. The average Bonchev–Trinajstić information content (AvgIpc) is 3.40. The molecule has 0 saturated heterocycles. The first-order chi connectivity index (χ1) is 19.0. The maximum Gasteiger partial charge on any atom is 0.250 e. The Morgan fingerprint density at radius 1 is 0.974 bits per heavy atom. The highest BCUT2D eigenvalue weighted by atomic mass is 32.2. The molecule has 0 aliphatic heterocycles. The summed E-state index contributed by atoms with van der Waals surface area (Å²) in [7, 11) is 4.65. The van der Waals surface area contributed by atoms with Crippen LogP contribution in [0.5, 0.6) is 23.0 Å². The van der Waals surface area contributed by atoms with E-state index >= 15 is 0 Å². The van der Waals surface area contributed by atoms with Crippen LogP contribution in [0.15, 0.2) is 77.0 Å². The van der Waals surface area contributed by atoms with E-state index in [1.54, 1.807) is 57.7 Å². The number of aromatic nitrogens is 3. The molecule has 4 rings (SSSR count). The van der Waals surface area contributed by atoms with Crippen molar-refractivity contribution in [1.82, 2.24) is 20.2 Å². The monoisotopic (exact) mass is 547 g/mol. The highest BCUT2D eigenvalue weighted by molar-refractivity contribution is 7.99. The predicted octanol–water partition coefficient (Wildman–Crippen LogP) is 4.69. The number of hydrogen-bond donors (Lipinski definition) is 2. The van der Waals surface area contributed by atoms with Gasteiger partial charge >= 0.3 is 0 Å². The fraction of sp³-hybridized carbons (Fsp3) is 0.214. The summed E-state index contributed by atoms with van der Waals surface area (Å²) in [4.78, 5) is 12.7. The summed E-state index contributed by atoms with van der Waals surface area (Å²) in [6.07, 6.45) is 0.610. The molecule has 0 unspecified atom stereocenters. The van der Waals surface area contributed by atoms with Crippen LogP contribution in [0.3, 0.4) is 0 Å². The first-order valence-corrected chi connectivity index (χ1v) is 13.1. The molecule has 0 radical (unpaired) electrons. The maximum atomic E-state index is 12.7. The van der Waals surface area contributed by atoms with E-state index in [4.69, 9.17) is 14.2 Å². The number of carbonyl (C=O) groups excluding carboxylic acids is 1. The third-order valence-corrected chi connectivity index (χ3v) is 6.68. The highest BCUT2D eigenvalue weighted by Gasteiger charge is 2.21. The van der Waals surface area contributed by atoms with Gasteiger partial charge in [0, 0.05) is 11.3 Å². The number of nitrogens with one attached hydrogen (secondary N) is 1. The zero-order valence-electron chi connectivity index (χ0n) is 22.0. The van der Waals surface area contributed by atoms with Gasteiger partial charge < -0.3 is 19.3 Å². The van der Waals surface area contributed by atoms with E-state index in [2.05, 4.69) is 20.7 Å². The van der Waals surface area contributed by atoms with Crippen LogP contribution in [0, 0.1) is 0 Å². The summed E-state index contributed by atoms with van der Waals surface area (Å²) < 4.78 is 18.4. The molecule has 0 aliphatic carbocycles. The standard InChI is InChI=1S/C28H29N5O5S/c1-5-22(18-11-13-21(34)14-12-18)29-30-25(35)17-39-28-32-31-27(33(28)20-9-7-6-8-10-20)19-15-23(36-2)26(38-4)24(16-19)37-3/h6-16,34H,5,17H2,1-4H3,(H,30,35)/b29-22+. The number of phenolic OH excluding ortho intramolecular Hbond substituents is 1. The van der Waals surface area contributed by atoms with Crippen LogP contribution in [0.2, 0.25) is 0 Å². The molecule has 0 atom stereocenters. The van der Waals surface area contributed by atoms with E-state index in [0.29, 0.717) is 45.9 Å². The van der Waals surface area contributed by atoms with E-state index in [-0.39, 0.29) is 17.4 Å². The third-order valence-electron chi connectivity index (χ3n) is 5.75. The van der Waals surface area contributed by atoms with Crippen LogP contribution in [0.4, 0.5) is 0 Å². The summed E-state index contributed by atoms with van der Waals surface area (Å²) >= 11 is 1.24. The molecule has 2 N–H and O–H groups in total. The second kappa shape index (κ2) is 12.8. The number of amides is 1. The number of hydrazone groups is 1. The molecule has 11 heteroatoms. The number of aromatic hydroxyl groups is 1. The minimum absolute atomic E-state index is 0.0658. The van der Waals surface area contributed by atoms with Crippen molar-refractivity contribution in [3.05, 3.63) is 72.3 Å². The molecule has 202 valence electrons. The quantitative estimate of drug-likeness (QED) is 0.158. The lowest BCUT2D eigenvalue weighted by atomic mass is 10.1. The maximum absolute atomic E-state index is 12.7. The first kappa shape index (κ1) is 27.5. The number of nitrogens with zero attached hydrogens (tertiary/aromatic N) is 4. The molecule has 10 nitrogen and oxygen atoms in total. The Hall–Kier alpha value is -4.51. The summed E-state index contributed by atoms with van der Waals surface area (Å²) in [6.45, 7) is 1.94. The van der Waals surface area contributed by atoms with Gasteiger partial charge in [0.15, 0.2) is 22.5 Å². The number of phenols is 1. The lowest BCUT2D eigenvalue weighted by Gasteiger charge is -2.15. The summed E-state index contributed by atoms with van der Waals surface area (Å²) in [6, 6.07) is 19.9. The van der Waals surface area contributed by atoms with Gasteiger partial charge in [-0.2, -0.15) is 5.10 Å². The van der Waals surface area contributed by atoms with Gasteiger partial charge in [-0.05, 0) is 60.5 Å². The van der Waals surface area contributed by atoms with Crippen LogP contribution < -0.4 is 19.6 Å². The molecule has 1 aromatic heterocycles. The molecule has 0 fully saturated rings. The SMILES string of the molecule is CC/C(=N\NC(=O)CSc1nnc(-c2cc(OC)c(OC)c(OC)c2)n1-c1ccccc1)c1ccc(O)cc1. The fourth-order valence-corrected chi connectivity index (χ4v) is 4.61. The number of rotatable bonds is 11. The van der Waals surface area contributed by atoms with Crippen molar-refractivity contribution in [2.45, 2.75) is 18.5 Å². The Kier molecular flexibility index (Phi) is 9.06. The van der Waals surface area contributed by atoms with E-state index in [9.17, 15) is 9.90 Å². The Morgan fingerprint density at radius 2 is 1.64 bits per heavy atom. The molecule has 1 amide bonds. The molecular weight excluding hydrogens is 518 g/mol. The summed E-state index contributed by atoms with van der Waals surface area (Å²) in [5.41, 5.74) is 5.66. The van der Waals surface area contributed by atoms with Gasteiger partial charge in [-0.25, -0.2) is 5.43 Å². The van der Waals surface area contributed by atoms with Crippen molar-refractivity contribution in [1.29, 1.82) is 0 Å². The van der Waals surface area contributed by atoms with Gasteiger partial charge in [-0.3, -0.25) is 9.36 Å². The Labute approximate surface area is 230 Å². The van der Waals surface area contributed by atoms with Crippen molar-refractivity contribution in [3.8, 4) is 40.1 Å². The van der Waals surface area contributed by atoms with Gasteiger partial charge in [-0.15, -0.1) is 10.2 Å². The highest BCUT2D eigenvalue weighted by Crippen LogP contribution is 2.41. The molecule has 0 aliphatic rings. The molecule has 0 saturated carbocycles. The van der Waals surface area contributed by atoms with Crippen LogP contribution >= 0.6 is 11.8 Å². The molecule has 0 bridgehead atoms. The zero-order chi connectivity index (χ0) is 27.8. The smallest absolute Gasteiger partial charge is 0.250 e. The van der Waals surface area contributed by atoms with Crippen LogP contribution in [0.1, 0.15) is 18.9 Å². The number of thioether (sulfide) groups is 1. The first-order valence-electron chi connectivity index (χ1n) is 12.1. The van der Waals surface area contributed by atoms with Crippen LogP contribution in [-0.2, 0) is 4.79 Å². The Morgan fingerprint density at radius 3 is 2.23 bits per heavy atom. The second-order valence-electron chi connectivity index (χ2n) is 8.17. The largest absolute Gasteiger partial charge is 0.508 e. The molecule has 39 heavy (non-hydrogen) atoms. The van der Waals surface area contributed by atoms with Gasteiger partial charge in [0.2, 0.25) is 5.75 Å².